The number of rotatable bonds is 8. The van der Waals surface area contributed by atoms with E-state index >= 15 is 0 Å². The summed E-state index contributed by atoms with van der Waals surface area (Å²) in [6.45, 7) is 27.0. The van der Waals surface area contributed by atoms with Gasteiger partial charge in [-0.15, -0.1) is 0 Å². The van der Waals surface area contributed by atoms with Gasteiger partial charge < -0.3 is 9.80 Å². The molecule has 0 atom stereocenters. The molecule has 0 unspecified atom stereocenters. The molecule has 0 aliphatic carbocycles. The van der Waals surface area contributed by atoms with Crippen LogP contribution in [0.25, 0.3) is 86.9 Å². The van der Waals surface area contributed by atoms with Crippen molar-refractivity contribution < 1.29 is 0 Å². The van der Waals surface area contributed by atoms with E-state index in [1.54, 1.807) is 0 Å². The third kappa shape index (κ3) is 7.00. The van der Waals surface area contributed by atoms with Gasteiger partial charge in [0.1, 0.15) is 0 Å². The molecule has 0 saturated carbocycles. The zero-order valence-corrected chi connectivity index (χ0v) is 46.1. The van der Waals surface area contributed by atoms with Crippen molar-refractivity contribution in [3.8, 4) is 22.3 Å². The van der Waals surface area contributed by atoms with E-state index in [1.807, 2.05) is 0 Å². The zero-order chi connectivity index (χ0) is 52.6. The number of anilines is 6. The summed E-state index contributed by atoms with van der Waals surface area (Å²) in [5, 5.41) is 15.4. The molecule has 0 fully saturated rings. The molecular formula is C74H64N2. The molecule has 2 nitrogen and oxygen atoms in total. The summed E-state index contributed by atoms with van der Waals surface area (Å²) in [5.74, 6) is 0. The Morgan fingerprint density at radius 2 is 0.474 bits per heavy atom. The summed E-state index contributed by atoms with van der Waals surface area (Å²) in [6.07, 6.45) is 0. The lowest BCUT2D eigenvalue weighted by atomic mass is 9.87. The SMILES string of the molecule is Cc1cc(N(c2cc(C)c(C)c(C)c2)c2ccc3c4c(-c5ccccc5)c5c6cccc7c(N(c8cc(C)c(C)c(C)c8)c8cc(C)c(C)c(C)c8)ccc(c5c(-c5ccccc5)c4c4cccc2c43)c76)cc(C)c1C. The van der Waals surface area contributed by atoms with Crippen LogP contribution in [0.3, 0.4) is 0 Å². The van der Waals surface area contributed by atoms with Gasteiger partial charge in [-0.1, -0.05) is 109 Å². The number of aryl methyl sites for hydroxylation is 8. The van der Waals surface area contributed by atoms with Crippen LogP contribution in [-0.2, 0) is 0 Å². The number of hydrogen-bond acceptors (Lipinski definition) is 2. The third-order valence-electron chi connectivity index (χ3n) is 17.9. The average molecular weight is 981 g/mol. The Kier molecular flexibility index (Phi) is 10.9. The van der Waals surface area contributed by atoms with E-state index in [4.69, 9.17) is 0 Å². The van der Waals surface area contributed by atoms with E-state index in [0.717, 1.165) is 0 Å². The Balaban J connectivity index is 1.19. The lowest BCUT2D eigenvalue weighted by molar-refractivity contribution is 1.20. The maximum Gasteiger partial charge on any atom is 0.0540 e. The van der Waals surface area contributed by atoms with Gasteiger partial charge in [-0.2, -0.15) is 0 Å². The van der Waals surface area contributed by atoms with Gasteiger partial charge in [0.15, 0.2) is 0 Å². The molecule has 0 aliphatic heterocycles. The number of hydrogen-bond donors (Lipinski definition) is 0. The highest BCUT2D eigenvalue weighted by Gasteiger charge is 2.30. The van der Waals surface area contributed by atoms with Gasteiger partial charge in [0.05, 0.1) is 11.4 Å². The van der Waals surface area contributed by atoms with E-state index in [1.165, 1.54) is 188 Å². The Labute approximate surface area is 448 Å². The lowest BCUT2D eigenvalue weighted by Gasteiger charge is -2.29. The van der Waals surface area contributed by atoms with Crippen LogP contribution in [0, 0.1) is 83.1 Å². The van der Waals surface area contributed by atoms with E-state index in [-0.39, 0.29) is 0 Å². The quantitative estimate of drug-likeness (QED) is 0.150. The number of fused-ring (bicyclic) bond motifs is 6. The summed E-state index contributed by atoms with van der Waals surface area (Å²) < 4.78 is 0. The first-order chi connectivity index (χ1) is 36.7. The zero-order valence-electron chi connectivity index (χ0n) is 46.1. The Bertz CT molecular complexity index is 3970. The fourth-order valence-electron chi connectivity index (χ4n) is 13.0. The minimum absolute atomic E-state index is 1.18. The minimum atomic E-state index is 1.18. The lowest BCUT2D eigenvalue weighted by Crippen LogP contribution is -2.12. The van der Waals surface area contributed by atoms with Crippen molar-refractivity contribution in [2.75, 3.05) is 9.80 Å². The second-order valence-corrected chi connectivity index (χ2v) is 22.2. The normalized spacial score (nSPS) is 11.9. The molecule has 370 valence electrons. The molecule has 0 aromatic heterocycles. The van der Waals surface area contributed by atoms with Crippen molar-refractivity contribution in [1.82, 2.24) is 0 Å². The van der Waals surface area contributed by atoms with Crippen LogP contribution in [0.1, 0.15) is 66.8 Å². The fourth-order valence-corrected chi connectivity index (χ4v) is 13.0. The van der Waals surface area contributed by atoms with Crippen LogP contribution in [0.15, 0.2) is 170 Å². The highest BCUT2D eigenvalue weighted by molar-refractivity contribution is 6.47. The van der Waals surface area contributed by atoms with Gasteiger partial charge in [0.2, 0.25) is 0 Å². The first-order valence-corrected chi connectivity index (χ1v) is 27.1. The van der Waals surface area contributed by atoms with Crippen molar-refractivity contribution >= 4 is 98.8 Å². The second-order valence-electron chi connectivity index (χ2n) is 22.2. The molecule has 0 heterocycles. The summed E-state index contributed by atoms with van der Waals surface area (Å²) in [4.78, 5) is 5.05. The number of benzene rings is 11. The van der Waals surface area contributed by atoms with Gasteiger partial charge >= 0.3 is 0 Å². The minimum Gasteiger partial charge on any atom is -0.310 e. The topological polar surface area (TPSA) is 6.48 Å². The second kappa shape index (κ2) is 17.6. The van der Waals surface area contributed by atoms with Crippen molar-refractivity contribution in [3.05, 3.63) is 237 Å². The largest absolute Gasteiger partial charge is 0.310 e. The van der Waals surface area contributed by atoms with Crippen LogP contribution in [-0.4, -0.2) is 0 Å². The van der Waals surface area contributed by atoms with Crippen LogP contribution in [0.5, 0.6) is 0 Å². The molecule has 0 saturated heterocycles. The van der Waals surface area contributed by atoms with E-state index in [9.17, 15) is 0 Å². The summed E-state index contributed by atoms with van der Waals surface area (Å²) in [7, 11) is 0. The maximum atomic E-state index is 2.53. The molecule has 0 amide bonds. The number of nitrogens with zero attached hydrogens (tertiary/aromatic N) is 2. The van der Waals surface area contributed by atoms with Crippen molar-refractivity contribution in [1.29, 1.82) is 0 Å². The standard InChI is InChI=1S/C74H64N2/c1-41-33-55(34-42(2)49(41)9)75(56-35-43(3)50(10)44(4)36-56)65-31-29-63-69-59(65)25-19-27-61(69)71-67(53-21-15-13-16-22-53)74-64-30-32-66(60-26-20-28-62(70(60)64)72(74)68(73(63)71)54-23-17-14-18-24-54)76(57-37-45(5)51(11)46(6)38-57)58-39-47(7)52(12)48(8)40-58/h13-40H,1-12H3. The predicted molar refractivity (Wildman–Crippen MR) is 331 cm³/mol. The van der Waals surface area contributed by atoms with Gasteiger partial charge in [0.25, 0.3) is 0 Å². The molecular weight excluding hydrogens is 917 g/mol. The molecule has 13 aromatic rings. The molecule has 13 rings (SSSR count). The molecule has 2 heteroatoms. The highest BCUT2D eigenvalue weighted by atomic mass is 15.1. The molecule has 0 spiro atoms. The summed E-state index contributed by atoms with van der Waals surface area (Å²) in [5.41, 5.74) is 27.8. The first-order valence-electron chi connectivity index (χ1n) is 27.1. The fraction of sp³-hybridized carbons (Fsp3) is 0.162. The highest BCUT2D eigenvalue weighted by Crippen LogP contribution is 2.58. The third-order valence-corrected chi connectivity index (χ3v) is 17.9. The molecule has 13 aromatic carbocycles. The summed E-state index contributed by atoms with van der Waals surface area (Å²) >= 11 is 0. The van der Waals surface area contributed by atoms with Gasteiger partial charge in [-0.25, -0.2) is 0 Å². The van der Waals surface area contributed by atoms with Crippen LogP contribution in [0.4, 0.5) is 34.1 Å². The Morgan fingerprint density at radius 3 is 0.750 bits per heavy atom. The molecule has 0 bridgehead atoms. The maximum absolute atomic E-state index is 2.53. The van der Waals surface area contributed by atoms with Crippen molar-refractivity contribution in [2.45, 2.75) is 83.1 Å². The monoisotopic (exact) mass is 981 g/mol. The van der Waals surface area contributed by atoms with Gasteiger partial charge in [-0.05, 0) is 287 Å². The van der Waals surface area contributed by atoms with Gasteiger partial charge in [-0.3, -0.25) is 0 Å². The van der Waals surface area contributed by atoms with Crippen molar-refractivity contribution in [2.24, 2.45) is 0 Å². The molecule has 76 heavy (non-hydrogen) atoms. The van der Waals surface area contributed by atoms with Gasteiger partial charge in [0, 0.05) is 33.5 Å². The molecule has 0 aliphatic rings. The van der Waals surface area contributed by atoms with Crippen molar-refractivity contribution in [3.63, 3.8) is 0 Å². The van der Waals surface area contributed by atoms with E-state index in [0.29, 0.717) is 0 Å². The molecule has 0 N–H and O–H groups in total. The van der Waals surface area contributed by atoms with Crippen LogP contribution >= 0.6 is 0 Å². The Morgan fingerprint density at radius 1 is 0.224 bits per heavy atom. The smallest absolute Gasteiger partial charge is 0.0540 e. The van der Waals surface area contributed by atoms with E-state index in [2.05, 4.69) is 263 Å². The average Bonchev–Trinajstić information content (AvgIpc) is 3.94. The van der Waals surface area contributed by atoms with Crippen LogP contribution in [0.2, 0.25) is 0 Å². The summed E-state index contributed by atoms with van der Waals surface area (Å²) in [6, 6.07) is 65.4. The van der Waals surface area contributed by atoms with E-state index < -0.39 is 0 Å². The molecule has 0 radical (unpaired) electrons. The Hall–Kier alpha value is -8.46. The predicted octanol–water partition coefficient (Wildman–Crippen LogP) is 21.5. The first kappa shape index (κ1) is 47.3. The van der Waals surface area contributed by atoms with Crippen LogP contribution < -0.4 is 9.80 Å².